The fourth-order valence-corrected chi connectivity index (χ4v) is 4.16. The predicted molar refractivity (Wildman–Crippen MR) is 107 cm³/mol. The first-order valence-corrected chi connectivity index (χ1v) is 10.9. The number of benzene rings is 1. The van der Waals surface area contributed by atoms with E-state index in [1.54, 1.807) is 4.90 Å². The molecule has 0 aliphatic carbocycles. The van der Waals surface area contributed by atoms with Crippen LogP contribution in [0.4, 0.5) is 4.39 Å². The van der Waals surface area contributed by atoms with Crippen molar-refractivity contribution in [3.05, 3.63) is 42.2 Å². The number of carbonyl (C=O) groups excluding carboxylic acids is 2. The highest BCUT2D eigenvalue weighted by Gasteiger charge is 2.25. The first-order chi connectivity index (χ1) is 13.8. The third-order valence-corrected chi connectivity index (χ3v) is 5.94. The van der Waals surface area contributed by atoms with Crippen LogP contribution in [0.3, 0.4) is 0 Å². The number of carbonyl (C=O) groups is 2. The van der Waals surface area contributed by atoms with E-state index < -0.39 is 20.7 Å². The molecule has 1 heterocycles. The molecule has 29 heavy (non-hydrogen) atoms. The highest BCUT2D eigenvalue weighted by molar-refractivity contribution is 7.89. The van der Waals surface area contributed by atoms with Crippen LogP contribution in [0.25, 0.3) is 0 Å². The van der Waals surface area contributed by atoms with Gasteiger partial charge in [-0.15, -0.1) is 6.58 Å². The van der Waals surface area contributed by atoms with E-state index in [4.69, 9.17) is 0 Å². The average Bonchev–Trinajstić information content (AvgIpc) is 2.92. The van der Waals surface area contributed by atoms with Crippen molar-refractivity contribution >= 4 is 21.8 Å². The third kappa shape index (κ3) is 6.34. The van der Waals surface area contributed by atoms with Gasteiger partial charge in [-0.1, -0.05) is 6.08 Å². The quantitative estimate of drug-likeness (QED) is 0.593. The van der Waals surface area contributed by atoms with Gasteiger partial charge < -0.3 is 10.2 Å². The van der Waals surface area contributed by atoms with Crippen LogP contribution in [0.1, 0.15) is 23.7 Å². The number of rotatable bonds is 8. The van der Waals surface area contributed by atoms with Crippen molar-refractivity contribution in [2.75, 3.05) is 45.8 Å². The van der Waals surface area contributed by atoms with Crippen LogP contribution < -0.4 is 10.0 Å². The number of halogens is 1. The van der Waals surface area contributed by atoms with E-state index in [0.717, 1.165) is 12.1 Å². The summed E-state index contributed by atoms with van der Waals surface area (Å²) in [4.78, 5) is 27.6. The van der Waals surface area contributed by atoms with Crippen molar-refractivity contribution in [3.63, 3.8) is 0 Å². The Kier molecular flexibility index (Phi) is 8.30. The van der Waals surface area contributed by atoms with Crippen molar-refractivity contribution in [2.24, 2.45) is 0 Å². The standard InChI is InChI=1S/C19H27FN4O4S/c1-3-8-22-29(27,28)17-13-15(6-7-16(17)20)19(26)24-10-5-9-23(11-12-24)14-18(25)21-4-2/h3,6-7,13,22H,1,4-5,8-12,14H2,2H3,(H,21,25). The van der Waals surface area contributed by atoms with Crippen molar-refractivity contribution in [1.29, 1.82) is 0 Å². The Morgan fingerprint density at radius 3 is 2.69 bits per heavy atom. The molecule has 2 amide bonds. The molecule has 1 aromatic rings. The molecule has 160 valence electrons. The Bertz CT molecular complexity index is 860. The summed E-state index contributed by atoms with van der Waals surface area (Å²) in [7, 11) is -4.09. The topological polar surface area (TPSA) is 98.8 Å². The number of amides is 2. The van der Waals surface area contributed by atoms with Crippen LogP contribution in [0, 0.1) is 5.82 Å². The summed E-state index contributed by atoms with van der Waals surface area (Å²) in [6.45, 7) is 8.12. The third-order valence-electron chi connectivity index (χ3n) is 4.50. The summed E-state index contributed by atoms with van der Waals surface area (Å²) in [5.41, 5.74) is 0.0996. The van der Waals surface area contributed by atoms with Crippen LogP contribution in [0.2, 0.25) is 0 Å². The average molecular weight is 427 g/mol. The van der Waals surface area contributed by atoms with Gasteiger partial charge in [-0.05, 0) is 31.5 Å². The van der Waals surface area contributed by atoms with Gasteiger partial charge in [-0.25, -0.2) is 17.5 Å². The zero-order valence-corrected chi connectivity index (χ0v) is 17.3. The van der Waals surface area contributed by atoms with Gasteiger partial charge in [0.2, 0.25) is 15.9 Å². The van der Waals surface area contributed by atoms with Gasteiger partial charge >= 0.3 is 0 Å². The maximum Gasteiger partial charge on any atom is 0.253 e. The lowest BCUT2D eigenvalue weighted by Crippen LogP contribution is -2.40. The lowest BCUT2D eigenvalue weighted by atomic mass is 10.2. The zero-order valence-electron chi connectivity index (χ0n) is 16.5. The summed E-state index contributed by atoms with van der Waals surface area (Å²) in [6, 6.07) is 3.32. The predicted octanol–water partition coefficient (Wildman–Crippen LogP) is 0.574. The fraction of sp³-hybridized carbons (Fsp3) is 0.474. The number of hydrogen-bond acceptors (Lipinski definition) is 5. The Labute approximate surface area is 170 Å². The number of nitrogens with zero attached hydrogens (tertiary/aromatic N) is 2. The normalized spacial score (nSPS) is 15.6. The van der Waals surface area contributed by atoms with E-state index in [9.17, 15) is 22.4 Å². The highest BCUT2D eigenvalue weighted by Crippen LogP contribution is 2.18. The van der Waals surface area contributed by atoms with E-state index in [0.29, 0.717) is 39.1 Å². The second-order valence-electron chi connectivity index (χ2n) is 6.66. The summed E-state index contributed by atoms with van der Waals surface area (Å²) < 4.78 is 40.8. The molecule has 1 fully saturated rings. The minimum atomic E-state index is -4.09. The first-order valence-electron chi connectivity index (χ1n) is 9.47. The molecule has 0 unspecified atom stereocenters. The van der Waals surface area contributed by atoms with Crippen molar-refractivity contribution < 1.29 is 22.4 Å². The molecule has 2 N–H and O–H groups in total. The number of nitrogens with one attached hydrogen (secondary N) is 2. The minimum absolute atomic E-state index is 0.0481. The van der Waals surface area contributed by atoms with Crippen molar-refractivity contribution in [1.82, 2.24) is 19.8 Å². The maximum atomic E-state index is 14.1. The Morgan fingerprint density at radius 1 is 1.24 bits per heavy atom. The second-order valence-corrected chi connectivity index (χ2v) is 8.40. The molecular formula is C19H27FN4O4S. The summed E-state index contributed by atoms with van der Waals surface area (Å²) in [6.07, 6.45) is 2.02. The summed E-state index contributed by atoms with van der Waals surface area (Å²) in [5, 5.41) is 2.75. The molecule has 0 radical (unpaired) electrons. The number of likely N-dealkylation sites (N-methyl/N-ethyl adjacent to an activating group) is 1. The van der Waals surface area contributed by atoms with E-state index in [2.05, 4.69) is 16.6 Å². The smallest absolute Gasteiger partial charge is 0.253 e. The summed E-state index contributed by atoms with van der Waals surface area (Å²) in [5.74, 6) is -1.36. The van der Waals surface area contributed by atoms with E-state index in [1.807, 2.05) is 11.8 Å². The van der Waals surface area contributed by atoms with Crippen molar-refractivity contribution in [2.45, 2.75) is 18.2 Å². The van der Waals surface area contributed by atoms with Gasteiger partial charge in [-0.2, -0.15) is 0 Å². The Hall–Kier alpha value is -2.30. The van der Waals surface area contributed by atoms with Crippen molar-refractivity contribution in [3.8, 4) is 0 Å². The highest BCUT2D eigenvalue weighted by atomic mass is 32.2. The van der Waals surface area contributed by atoms with E-state index in [-0.39, 0.29) is 30.5 Å². The van der Waals surface area contributed by atoms with Crippen LogP contribution in [0.5, 0.6) is 0 Å². The Balaban J connectivity index is 2.11. The monoisotopic (exact) mass is 426 g/mol. The molecule has 0 spiro atoms. The number of hydrogen-bond donors (Lipinski definition) is 2. The van der Waals surface area contributed by atoms with Gasteiger partial charge in [0.1, 0.15) is 10.7 Å². The molecule has 2 rings (SSSR count). The molecule has 10 heteroatoms. The SMILES string of the molecule is C=CCNS(=O)(=O)c1cc(C(=O)N2CCCN(CC(=O)NCC)CC2)ccc1F. The van der Waals surface area contributed by atoms with Crippen LogP contribution in [-0.4, -0.2) is 75.8 Å². The van der Waals surface area contributed by atoms with Gasteiger partial charge in [0, 0.05) is 44.8 Å². The molecule has 1 saturated heterocycles. The maximum absolute atomic E-state index is 14.1. The lowest BCUT2D eigenvalue weighted by Gasteiger charge is -2.22. The first kappa shape index (κ1) is 23.0. The fourth-order valence-electron chi connectivity index (χ4n) is 3.06. The van der Waals surface area contributed by atoms with Crippen LogP contribution in [0.15, 0.2) is 35.7 Å². The second kappa shape index (κ2) is 10.5. The molecule has 1 aromatic carbocycles. The molecule has 0 saturated carbocycles. The van der Waals surface area contributed by atoms with Gasteiger partial charge in [0.05, 0.1) is 6.54 Å². The molecular weight excluding hydrogens is 399 g/mol. The van der Waals surface area contributed by atoms with Gasteiger partial charge in [-0.3, -0.25) is 14.5 Å². The van der Waals surface area contributed by atoms with E-state index in [1.165, 1.54) is 12.1 Å². The summed E-state index contributed by atoms with van der Waals surface area (Å²) >= 11 is 0. The minimum Gasteiger partial charge on any atom is -0.355 e. The lowest BCUT2D eigenvalue weighted by molar-refractivity contribution is -0.122. The molecule has 0 atom stereocenters. The molecule has 0 bridgehead atoms. The van der Waals surface area contributed by atoms with Crippen LogP contribution in [-0.2, 0) is 14.8 Å². The molecule has 1 aliphatic rings. The zero-order chi connectivity index (χ0) is 21.4. The Morgan fingerprint density at radius 2 is 2.00 bits per heavy atom. The van der Waals surface area contributed by atoms with E-state index >= 15 is 0 Å². The largest absolute Gasteiger partial charge is 0.355 e. The number of sulfonamides is 1. The molecule has 0 aromatic heterocycles. The van der Waals surface area contributed by atoms with Crippen LogP contribution >= 0.6 is 0 Å². The van der Waals surface area contributed by atoms with Gasteiger partial charge in [0.25, 0.3) is 5.91 Å². The van der Waals surface area contributed by atoms with Gasteiger partial charge in [0.15, 0.2) is 0 Å². The molecule has 1 aliphatic heterocycles. The molecule has 8 nitrogen and oxygen atoms in total.